The lowest BCUT2D eigenvalue weighted by Gasteiger charge is -2.20. The predicted molar refractivity (Wildman–Crippen MR) is 134 cm³/mol. The summed E-state index contributed by atoms with van der Waals surface area (Å²) in [5.74, 6) is -1.47. The smallest absolute Gasteiger partial charge is 0.325 e. The molecule has 3 aromatic carbocycles. The van der Waals surface area contributed by atoms with Crippen molar-refractivity contribution in [1.29, 1.82) is 0 Å². The second kappa shape index (κ2) is 10.1. The minimum absolute atomic E-state index is 0.0975. The van der Waals surface area contributed by atoms with Crippen molar-refractivity contribution in [3.05, 3.63) is 87.4 Å². The van der Waals surface area contributed by atoms with Crippen LogP contribution in [0.3, 0.4) is 0 Å². The van der Waals surface area contributed by atoms with Gasteiger partial charge in [0.25, 0.3) is 5.91 Å². The molecule has 172 valence electrons. The number of carboxylic acid groups (broad SMARTS) is 1. The van der Waals surface area contributed by atoms with Crippen LogP contribution in [0.1, 0.15) is 52.5 Å². The maximum absolute atomic E-state index is 12.4. The molecule has 1 amide bonds. The fourth-order valence-electron chi connectivity index (χ4n) is 3.82. The minimum atomic E-state index is -1.07. The summed E-state index contributed by atoms with van der Waals surface area (Å²) in [4.78, 5) is 23.4. The summed E-state index contributed by atoms with van der Waals surface area (Å²) in [6.45, 7) is 9.48. The van der Waals surface area contributed by atoms with Crippen molar-refractivity contribution in [2.75, 3.05) is 5.32 Å². The average molecular weight is 465 g/mol. The van der Waals surface area contributed by atoms with E-state index in [0.717, 1.165) is 38.5 Å². The Labute approximate surface area is 199 Å². The Morgan fingerprint density at radius 3 is 2.24 bits per heavy atom. The van der Waals surface area contributed by atoms with Crippen molar-refractivity contribution in [2.45, 2.75) is 46.7 Å². The van der Waals surface area contributed by atoms with E-state index in [1.54, 1.807) is 6.07 Å². The molecule has 0 radical (unpaired) electrons. The van der Waals surface area contributed by atoms with Gasteiger partial charge in [0, 0.05) is 22.3 Å². The Kier molecular flexibility index (Phi) is 7.44. The van der Waals surface area contributed by atoms with Gasteiger partial charge in [-0.15, -0.1) is 0 Å². The van der Waals surface area contributed by atoms with Crippen molar-refractivity contribution >= 4 is 29.2 Å². The van der Waals surface area contributed by atoms with Gasteiger partial charge in [-0.1, -0.05) is 41.9 Å². The van der Waals surface area contributed by atoms with Crippen LogP contribution < -0.4 is 10.6 Å². The Balaban J connectivity index is 1.81. The van der Waals surface area contributed by atoms with Gasteiger partial charge >= 0.3 is 5.97 Å². The number of carboxylic acids is 1. The van der Waals surface area contributed by atoms with E-state index in [4.69, 9.17) is 16.7 Å². The molecule has 0 bridgehead atoms. The third-order valence-corrected chi connectivity index (χ3v) is 6.19. The third kappa shape index (κ3) is 5.74. The number of carbonyl (C=O) groups is 2. The molecule has 0 heterocycles. The molecule has 0 aliphatic rings. The molecular weight excluding hydrogens is 436 g/mol. The molecule has 0 spiro atoms. The maximum atomic E-state index is 12.4. The SMILES string of the molecule is Cc1cc(C(C)Nc2cccc(-c3ccc(C(=O)N[C@@H](C)C(=O)O)c(C)c3)c2)c(C)cc1Cl. The van der Waals surface area contributed by atoms with Crippen molar-refractivity contribution < 1.29 is 14.7 Å². The standard InChI is InChI=1S/C27H29ClN2O3/c1-15-11-21(9-10-23(15)26(31)30-19(5)27(32)33)20-7-6-8-22(14-20)29-18(4)24-12-17(3)25(28)13-16(24)2/h6-14,18-19,29H,1-5H3,(H,30,31)(H,32,33)/t18?,19-/m0/s1. The Bertz CT molecular complexity index is 1210. The topological polar surface area (TPSA) is 78.4 Å². The van der Waals surface area contributed by atoms with Crippen molar-refractivity contribution in [1.82, 2.24) is 5.32 Å². The van der Waals surface area contributed by atoms with Gasteiger partial charge in [-0.05, 0) is 92.3 Å². The molecule has 0 fully saturated rings. The van der Waals surface area contributed by atoms with Gasteiger partial charge in [-0.3, -0.25) is 9.59 Å². The average Bonchev–Trinajstić information content (AvgIpc) is 2.76. The highest BCUT2D eigenvalue weighted by molar-refractivity contribution is 6.31. The molecule has 2 atom stereocenters. The van der Waals surface area contributed by atoms with Crippen molar-refractivity contribution in [3.63, 3.8) is 0 Å². The molecule has 5 nitrogen and oxygen atoms in total. The van der Waals surface area contributed by atoms with Crippen LogP contribution in [0.5, 0.6) is 0 Å². The maximum Gasteiger partial charge on any atom is 0.325 e. The zero-order valence-electron chi connectivity index (χ0n) is 19.5. The first-order valence-electron chi connectivity index (χ1n) is 10.8. The number of anilines is 1. The fraction of sp³-hybridized carbons (Fsp3) is 0.259. The third-order valence-electron chi connectivity index (χ3n) is 5.78. The van der Waals surface area contributed by atoms with E-state index in [-0.39, 0.29) is 6.04 Å². The number of carbonyl (C=O) groups excluding carboxylic acids is 1. The van der Waals surface area contributed by atoms with Crippen LogP contribution in [-0.4, -0.2) is 23.0 Å². The van der Waals surface area contributed by atoms with Gasteiger partial charge in [0.1, 0.15) is 6.04 Å². The van der Waals surface area contributed by atoms with E-state index >= 15 is 0 Å². The van der Waals surface area contributed by atoms with Gasteiger partial charge in [0.15, 0.2) is 0 Å². The zero-order chi connectivity index (χ0) is 24.3. The molecule has 0 aliphatic carbocycles. The summed E-state index contributed by atoms with van der Waals surface area (Å²) in [6.07, 6.45) is 0. The highest BCUT2D eigenvalue weighted by Crippen LogP contribution is 2.30. The van der Waals surface area contributed by atoms with Crippen LogP contribution in [0, 0.1) is 20.8 Å². The number of hydrogen-bond donors (Lipinski definition) is 3. The molecular formula is C27H29ClN2O3. The number of rotatable bonds is 7. The highest BCUT2D eigenvalue weighted by Gasteiger charge is 2.17. The normalized spacial score (nSPS) is 12.7. The monoisotopic (exact) mass is 464 g/mol. The number of amides is 1. The lowest BCUT2D eigenvalue weighted by atomic mass is 9.98. The first-order valence-corrected chi connectivity index (χ1v) is 11.2. The van der Waals surface area contributed by atoms with Gasteiger partial charge in [0.05, 0.1) is 0 Å². The first kappa shape index (κ1) is 24.3. The van der Waals surface area contributed by atoms with Gasteiger partial charge in [0.2, 0.25) is 0 Å². The summed E-state index contributed by atoms with van der Waals surface area (Å²) in [6, 6.07) is 16.9. The molecule has 0 aliphatic heterocycles. The summed E-state index contributed by atoms with van der Waals surface area (Å²) in [5.41, 5.74) is 7.62. The number of aliphatic carboxylic acids is 1. The Morgan fingerprint density at radius 1 is 0.879 bits per heavy atom. The predicted octanol–water partition coefficient (Wildman–Crippen LogP) is 6.31. The summed E-state index contributed by atoms with van der Waals surface area (Å²) in [5, 5.41) is 15.9. The van der Waals surface area contributed by atoms with E-state index in [9.17, 15) is 9.59 Å². The molecule has 33 heavy (non-hydrogen) atoms. The van der Waals surface area contributed by atoms with Crippen LogP contribution in [0.4, 0.5) is 5.69 Å². The van der Waals surface area contributed by atoms with Crippen LogP contribution in [0.2, 0.25) is 5.02 Å². The highest BCUT2D eigenvalue weighted by atomic mass is 35.5. The summed E-state index contributed by atoms with van der Waals surface area (Å²) in [7, 11) is 0. The van der Waals surface area contributed by atoms with E-state index < -0.39 is 17.9 Å². The second-order valence-corrected chi connectivity index (χ2v) is 8.88. The number of halogens is 1. The number of aryl methyl sites for hydroxylation is 3. The van der Waals surface area contributed by atoms with E-state index in [1.807, 2.05) is 50.2 Å². The zero-order valence-corrected chi connectivity index (χ0v) is 20.2. The number of benzene rings is 3. The minimum Gasteiger partial charge on any atom is -0.480 e. The molecule has 0 saturated heterocycles. The molecule has 1 unspecified atom stereocenters. The Hall–Kier alpha value is -3.31. The number of hydrogen-bond acceptors (Lipinski definition) is 3. The van der Waals surface area contributed by atoms with E-state index in [2.05, 4.69) is 36.6 Å². The first-order chi connectivity index (χ1) is 15.6. The van der Waals surface area contributed by atoms with Crippen LogP contribution in [0.15, 0.2) is 54.6 Å². The largest absolute Gasteiger partial charge is 0.480 e. The lowest BCUT2D eigenvalue weighted by molar-refractivity contribution is -0.138. The molecule has 3 aromatic rings. The second-order valence-electron chi connectivity index (χ2n) is 8.47. The van der Waals surface area contributed by atoms with Crippen LogP contribution >= 0.6 is 11.6 Å². The molecule has 0 saturated carbocycles. The van der Waals surface area contributed by atoms with Gasteiger partial charge in [-0.2, -0.15) is 0 Å². The van der Waals surface area contributed by atoms with Crippen molar-refractivity contribution in [2.24, 2.45) is 0 Å². The van der Waals surface area contributed by atoms with Gasteiger partial charge < -0.3 is 15.7 Å². The van der Waals surface area contributed by atoms with Crippen LogP contribution in [-0.2, 0) is 4.79 Å². The Morgan fingerprint density at radius 2 is 1.58 bits per heavy atom. The fourth-order valence-corrected chi connectivity index (χ4v) is 4.04. The summed E-state index contributed by atoms with van der Waals surface area (Å²) < 4.78 is 0. The number of nitrogens with one attached hydrogen (secondary N) is 2. The molecule has 6 heteroatoms. The van der Waals surface area contributed by atoms with Crippen molar-refractivity contribution in [3.8, 4) is 11.1 Å². The van der Waals surface area contributed by atoms with E-state index in [0.29, 0.717) is 5.56 Å². The van der Waals surface area contributed by atoms with E-state index in [1.165, 1.54) is 12.5 Å². The molecule has 3 N–H and O–H groups in total. The summed E-state index contributed by atoms with van der Waals surface area (Å²) >= 11 is 6.25. The molecule has 3 rings (SSSR count). The molecule has 0 aromatic heterocycles. The van der Waals surface area contributed by atoms with Crippen LogP contribution in [0.25, 0.3) is 11.1 Å². The van der Waals surface area contributed by atoms with Gasteiger partial charge in [-0.25, -0.2) is 0 Å². The quantitative estimate of drug-likeness (QED) is 0.383. The lowest BCUT2D eigenvalue weighted by Crippen LogP contribution is -2.38.